The van der Waals surface area contributed by atoms with Gasteiger partial charge in [-0.15, -0.1) is 0 Å². The Balaban J connectivity index is 1.89. The van der Waals surface area contributed by atoms with E-state index in [1.807, 2.05) is 48.2 Å². The minimum absolute atomic E-state index is 0.0314. The molecule has 0 spiro atoms. The molecule has 0 aliphatic carbocycles. The smallest absolute Gasteiger partial charge is 0.387 e. The van der Waals surface area contributed by atoms with Gasteiger partial charge in [0, 0.05) is 29.6 Å². The maximum absolute atomic E-state index is 12.5. The Kier molecular flexibility index (Phi) is 4.93. The highest BCUT2D eigenvalue weighted by Crippen LogP contribution is 2.30. The van der Waals surface area contributed by atoms with Crippen molar-refractivity contribution in [3.05, 3.63) is 77.5 Å². The highest BCUT2D eigenvalue weighted by molar-refractivity contribution is 6.06. The number of likely N-dealkylation sites (N-methyl/N-ethyl adjacent to an activating group) is 1. The first-order valence-corrected chi connectivity index (χ1v) is 7.94. The number of halogens is 2. The molecule has 1 aliphatic rings. The van der Waals surface area contributed by atoms with Gasteiger partial charge in [0.1, 0.15) is 5.75 Å². The minimum Gasteiger partial charge on any atom is -0.435 e. The second-order valence-corrected chi connectivity index (χ2v) is 5.48. The van der Waals surface area contributed by atoms with Crippen LogP contribution in [0.2, 0.25) is 0 Å². The summed E-state index contributed by atoms with van der Waals surface area (Å²) in [6.45, 7) is -0.211. The molecule has 1 aliphatic heterocycles. The van der Waals surface area contributed by atoms with Crippen molar-refractivity contribution in [3.63, 3.8) is 0 Å². The van der Waals surface area contributed by atoms with Crippen LogP contribution in [0.25, 0.3) is 6.08 Å². The number of carbonyl (C=O) groups excluding carboxylic acids is 1. The number of hydrogen-bond donors (Lipinski definition) is 0. The van der Waals surface area contributed by atoms with Gasteiger partial charge in [-0.25, -0.2) is 0 Å². The van der Waals surface area contributed by atoms with E-state index in [1.54, 1.807) is 6.07 Å². The Morgan fingerprint density at radius 1 is 1.16 bits per heavy atom. The molecule has 0 N–H and O–H groups in total. The molecule has 0 atom stereocenters. The molecule has 0 unspecified atom stereocenters. The number of ketones is 1. The SMILES string of the molecule is CCN1/C(=C\C(=O)c2cccc(OC(F)F)c2)C=Cc2ccccc21. The Bertz CT molecular complexity index is 843. The number of hydrogen-bond acceptors (Lipinski definition) is 3. The number of nitrogens with zero attached hydrogens (tertiary/aromatic N) is 1. The van der Waals surface area contributed by atoms with E-state index in [1.165, 1.54) is 24.3 Å². The van der Waals surface area contributed by atoms with Crippen LogP contribution in [-0.2, 0) is 0 Å². The molecule has 0 aromatic heterocycles. The van der Waals surface area contributed by atoms with Crippen LogP contribution in [-0.4, -0.2) is 18.9 Å². The van der Waals surface area contributed by atoms with E-state index in [4.69, 9.17) is 0 Å². The number of carbonyl (C=O) groups is 1. The van der Waals surface area contributed by atoms with Crippen molar-refractivity contribution in [2.45, 2.75) is 13.5 Å². The number of benzene rings is 2. The molecule has 3 rings (SSSR count). The van der Waals surface area contributed by atoms with Crippen LogP contribution in [0, 0.1) is 0 Å². The molecule has 0 saturated carbocycles. The lowest BCUT2D eigenvalue weighted by atomic mass is 10.0. The van der Waals surface area contributed by atoms with Crippen molar-refractivity contribution >= 4 is 17.5 Å². The molecule has 0 fully saturated rings. The van der Waals surface area contributed by atoms with Gasteiger partial charge in [-0.1, -0.05) is 36.4 Å². The summed E-state index contributed by atoms with van der Waals surface area (Å²) in [6, 6.07) is 13.7. The fourth-order valence-electron chi connectivity index (χ4n) is 2.80. The standard InChI is InChI=1S/C20H17F2NO2/c1-2-23-16(11-10-14-6-3-4-9-18(14)23)13-19(24)15-7-5-8-17(12-15)25-20(21)22/h3-13,20H,2H2,1H3/b16-13-. The van der Waals surface area contributed by atoms with Crippen molar-refractivity contribution in [2.75, 3.05) is 11.4 Å². The molecule has 3 nitrogen and oxygen atoms in total. The van der Waals surface area contributed by atoms with Crippen LogP contribution in [0.1, 0.15) is 22.8 Å². The van der Waals surface area contributed by atoms with E-state index in [-0.39, 0.29) is 11.5 Å². The van der Waals surface area contributed by atoms with Gasteiger partial charge in [0.05, 0.1) is 0 Å². The molecule has 2 aromatic rings. The number of allylic oxidation sites excluding steroid dienone is 2. The van der Waals surface area contributed by atoms with Gasteiger partial charge in [0.2, 0.25) is 0 Å². The van der Waals surface area contributed by atoms with Crippen molar-refractivity contribution in [1.82, 2.24) is 0 Å². The number of fused-ring (bicyclic) bond motifs is 1. The predicted molar refractivity (Wildman–Crippen MR) is 94.0 cm³/mol. The van der Waals surface area contributed by atoms with Crippen LogP contribution in [0.15, 0.2) is 66.4 Å². The lowest BCUT2D eigenvalue weighted by molar-refractivity contribution is -0.0498. The van der Waals surface area contributed by atoms with Gasteiger partial charge in [-0.2, -0.15) is 8.78 Å². The third kappa shape index (κ3) is 3.76. The normalized spacial score (nSPS) is 14.7. The van der Waals surface area contributed by atoms with Gasteiger partial charge in [-0.05, 0) is 36.8 Å². The molecule has 1 heterocycles. The maximum Gasteiger partial charge on any atom is 0.387 e. The van der Waals surface area contributed by atoms with E-state index < -0.39 is 6.61 Å². The number of para-hydroxylation sites is 1. The van der Waals surface area contributed by atoms with Crippen molar-refractivity contribution in [2.24, 2.45) is 0 Å². The van der Waals surface area contributed by atoms with Crippen LogP contribution >= 0.6 is 0 Å². The summed E-state index contributed by atoms with van der Waals surface area (Å²) in [5.74, 6) is -0.298. The van der Waals surface area contributed by atoms with Crippen LogP contribution in [0.5, 0.6) is 5.75 Å². The zero-order chi connectivity index (χ0) is 17.8. The maximum atomic E-state index is 12.5. The van der Waals surface area contributed by atoms with Crippen LogP contribution in [0.4, 0.5) is 14.5 Å². The topological polar surface area (TPSA) is 29.5 Å². The highest BCUT2D eigenvalue weighted by Gasteiger charge is 2.17. The van der Waals surface area contributed by atoms with E-state index in [9.17, 15) is 13.6 Å². The zero-order valence-corrected chi connectivity index (χ0v) is 13.7. The Hall–Kier alpha value is -2.95. The summed E-state index contributed by atoms with van der Waals surface area (Å²) in [5.41, 5.74) is 3.17. The molecule has 5 heteroatoms. The van der Waals surface area contributed by atoms with E-state index in [0.29, 0.717) is 12.1 Å². The van der Waals surface area contributed by atoms with Crippen LogP contribution in [0.3, 0.4) is 0 Å². The molecule has 128 valence electrons. The lowest BCUT2D eigenvalue weighted by Gasteiger charge is -2.29. The molecule has 0 bridgehead atoms. The molecule has 0 amide bonds. The van der Waals surface area contributed by atoms with Crippen molar-refractivity contribution in [1.29, 1.82) is 0 Å². The highest BCUT2D eigenvalue weighted by atomic mass is 19.3. The molecular formula is C20H17F2NO2. The van der Waals surface area contributed by atoms with Gasteiger partial charge < -0.3 is 9.64 Å². The monoisotopic (exact) mass is 341 g/mol. The first-order valence-electron chi connectivity index (χ1n) is 7.94. The number of rotatable bonds is 5. The lowest BCUT2D eigenvalue weighted by Crippen LogP contribution is -2.24. The van der Waals surface area contributed by atoms with Crippen LogP contribution < -0.4 is 9.64 Å². The largest absolute Gasteiger partial charge is 0.435 e. The molecule has 2 aromatic carbocycles. The van der Waals surface area contributed by atoms with Gasteiger partial charge in [0.15, 0.2) is 5.78 Å². The average Bonchev–Trinajstić information content (AvgIpc) is 2.61. The Morgan fingerprint density at radius 3 is 2.72 bits per heavy atom. The zero-order valence-electron chi connectivity index (χ0n) is 13.7. The number of ether oxygens (including phenoxy) is 1. The summed E-state index contributed by atoms with van der Waals surface area (Å²) in [4.78, 5) is 14.6. The molecule has 0 saturated heterocycles. The van der Waals surface area contributed by atoms with Crippen molar-refractivity contribution in [3.8, 4) is 5.75 Å². The molecular weight excluding hydrogens is 324 g/mol. The Labute approximate surface area is 144 Å². The fraction of sp³-hybridized carbons (Fsp3) is 0.150. The van der Waals surface area contributed by atoms with Gasteiger partial charge in [0.25, 0.3) is 0 Å². The summed E-state index contributed by atoms with van der Waals surface area (Å²) in [6.07, 6.45) is 5.34. The number of anilines is 1. The second kappa shape index (κ2) is 7.30. The summed E-state index contributed by atoms with van der Waals surface area (Å²) in [7, 11) is 0. The van der Waals surface area contributed by atoms with E-state index in [0.717, 1.165) is 16.9 Å². The summed E-state index contributed by atoms with van der Waals surface area (Å²) < 4.78 is 29.0. The number of alkyl halides is 2. The second-order valence-electron chi connectivity index (χ2n) is 5.48. The summed E-state index contributed by atoms with van der Waals surface area (Å²) >= 11 is 0. The van der Waals surface area contributed by atoms with E-state index >= 15 is 0 Å². The van der Waals surface area contributed by atoms with Crippen molar-refractivity contribution < 1.29 is 18.3 Å². The molecule has 0 radical (unpaired) electrons. The molecule has 25 heavy (non-hydrogen) atoms. The van der Waals surface area contributed by atoms with Gasteiger partial charge in [-0.3, -0.25) is 4.79 Å². The summed E-state index contributed by atoms with van der Waals surface area (Å²) in [5, 5.41) is 0. The Morgan fingerprint density at radius 2 is 1.96 bits per heavy atom. The first-order chi connectivity index (χ1) is 12.1. The third-order valence-electron chi connectivity index (χ3n) is 3.91. The predicted octanol–water partition coefficient (Wildman–Crippen LogP) is 4.91. The minimum atomic E-state index is -2.92. The quantitative estimate of drug-likeness (QED) is 0.572. The first kappa shape index (κ1) is 16.9. The fourth-order valence-corrected chi connectivity index (χ4v) is 2.80. The van der Waals surface area contributed by atoms with Gasteiger partial charge >= 0.3 is 6.61 Å². The van der Waals surface area contributed by atoms with E-state index in [2.05, 4.69) is 4.74 Å². The third-order valence-corrected chi connectivity index (χ3v) is 3.91. The average molecular weight is 341 g/mol.